The first-order valence-corrected chi connectivity index (χ1v) is 6.36. The molecule has 18 heavy (non-hydrogen) atoms. The highest BCUT2D eigenvalue weighted by Crippen LogP contribution is 2.25. The van der Waals surface area contributed by atoms with Crippen LogP contribution < -0.4 is 15.4 Å². The van der Waals surface area contributed by atoms with Crippen molar-refractivity contribution in [3.63, 3.8) is 0 Å². The molecule has 0 saturated heterocycles. The number of hydrogen-bond donors (Lipinski definition) is 1. The molecule has 4 nitrogen and oxygen atoms in total. The predicted molar refractivity (Wildman–Crippen MR) is 74.8 cm³/mol. The molecule has 2 N–H and O–H groups in total. The first-order chi connectivity index (χ1) is 8.71. The first-order valence-electron chi connectivity index (χ1n) is 6.36. The smallest absolute Gasteiger partial charge is 0.123 e. The van der Waals surface area contributed by atoms with E-state index in [4.69, 9.17) is 15.7 Å². The third-order valence-electron chi connectivity index (χ3n) is 2.63. The molecule has 0 aliphatic rings. The van der Waals surface area contributed by atoms with Gasteiger partial charge in [-0.3, -0.25) is 0 Å². The summed E-state index contributed by atoms with van der Waals surface area (Å²) in [6.07, 6.45) is 1.48. The van der Waals surface area contributed by atoms with Gasteiger partial charge in [0.2, 0.25) is 0 Å². The number of nitrogen functional groups attached to an aromatic ring is 1. The third-order valence-corrected chi connectivity index (χ3v) is 2.63. The van der Waals surface area contributed by atoms with Crippen LogP contribution in [0.1, 0.15) is 26.7 Å². The summed E-state index contributed by atoms with van der Waals surface area (Å²) in [4.78, 5) is 2.12. The first kappa shape index (κ1) is 14.2. The van der Waals surface area contributed by atoms with E-state index >= 15 is 0 Å². The lowest BCUT2D eigenvalue weighted by atomic mass is 10.2. The lowest BCUT2D eigenvalue weighted by Gasteiger charge is -2.23. The molecule has 4 heteroatoms. The number of nitriles is 1. The van der Waals surface area contributed by atoms with Gasteiger partial charge in [-0.05, 0) is 19.4 Å². The summed E-state index contributed by atoms with van der Waals surface area (Å²) in [6.45, 7) is 6.38. The van der Waals surface area contributed by atoms with Crippen molar-refractivity contribution in [3.05, 3.63) is 18.2 Å². The average molecular weight is 247 g/mol. The maximum atomic E-state index is 8.66. The molecule has 0 saturated carbocycles. The molecule has 0 radical (unpaired) electrons. The molecule has 1 aromatic rings. The third kappa shape index (κ3) is 4.17. The minimum Gasteiger partial charge on any atom is -0.493 e. The van der Waals surface area contributed by atoms with Crippen LogP contribution in [0.3, 0.4) is 0 Å². The van der Waals surface area contributed by atoms with Gasteiger partial charge in [0.05, 0.1) is 19.1 Å². The van der Waals surface area contributed by atoms with Crippen molar-refractivity contribution in [3.8, 4) is 11.8 Å². The van der Waals surface area contributed by atoms with Crippen molar-refractivity contribution in [1.29, 1.82) is 5.26 Å². The standard InChI is InChI=1S/C14H21N3O/c1-3-8-18-14-10-12(16)9-13(11-14)17(4-2)7-5-6-15/h9-11H,3-5,7-8,16H2,1-2H3. The zero-order chi connectivity index (χ0) is 13.4. The Labute approximate surface area is 109 Å². The second kappa shape index (κ2) is 7.44. The van der Waals surface area contributed by atoms with E-state index in [1.165, 1.54) is 0 Å². The summed E-state index contributed by atoms with van der Waals surface area (Å²) >= 11 is 0. The number of rotatable bonds is 7. The Morgan fingerprint density at radius 3 is 2.72 bits per heavy atom. The van der Waals surface area contributed by atoms with E-state index in [9.17, 15) is 0 Å². The largest absolute Gasteiger partial charge is 0.493 e. The Hall–Kier alpha value is -1.89. The van der Waals surface area contributed by atoms with Gasteiger partial charge in [-0.15, -0.1) is 0 Å². The minimum atomic E-state index is 0.508. The summed E-state index contributed by atoms with van der Waals surface area (Å²) in [5.41, 5.74) is 7.58. The van der Waals surface area contributed by atoms with Gasteiger partial charge < -0.3 is 15.4 Å². The highest BCUT2D eigenvalue weighted by molar-refractivity contribution is 5.60. The van der Waals surface area contributed by atoms with Crippen molar-refractivity contribution >= 4 is 11.4 Å². The zero-order valence-electron chi connectivity index (χ0n) is 11.1. The highest BCUT2D eigenvalue weighted by Gasteiger charge is 2.07. The lowest BCUT2D eigenvalue weighted by molar-refractivity contribution is 0.317. The monoisotopic (exact) mass is 247 g/mol. The van der Waals surface area contributed by atoms with Crippen molar-refractivity contribution in [1.82, 2.24) is 0 Å². The maximum absolute atomic E-state index is 8.66. The lowest BCUT2D eigenvalue weighted by Crippen LogP contribution is -2.23. The van der Waals surface area contributed by atoms with E-state index in [1.54, 1.807) is 0 Å². The molecule has 0 aromatic heterocycles. The van der Waals surface area contributed by atoms with Crippen LogP contribution in [0.15, 0.2) is 18.2 Å². The van der Waals surface area contributed by atoms with Gasteiger partial charge in [0.25, 0.3) is 0 Å². The molecule has 0 spiro atoms. The normalized spacial score (nSPS) is 9.83. The van der Waals surface area contributed by atoms with Crippen LogP contribution in [0.5, 0.6) is 5.75 Å². The van der Waals surface area contributed by atoms with Gasteiger partial charge in [-0.2, -0.15) is 5.26 Å². The fourth-order valence-corrected chi connectivity index (χ4v) is 1.75. The molecule has 0 heterocycles. The van der Waals surface area contributed by atoms with Crippen molar-refractivity contribution in [2.75, 3.05) is 30.3 Å². The second-order valence-electron chi connectivity index (χ2n) is 4.10. The number of ether oxygens (including phenoxy) is 1. The molecular weight excluding hydrogens is 226 g/mol. The van der Waals surface area contributed by atoms with Gasteiger partial charge in [-0.1, -0.05) is 6.92 Å². The van der Waals surface area contributed by atoms with Crippen LogP contribution in [-0.2, 0) is 0 Å². The van der Waals surface area contributed by atoms with Crippen LogP contribution in [0.2, 0.25) is 0 Å². The number of anilines is 2. The van der Waals surface area contributed by atoms with Gasteiger partial charge >= 0.3 is 0 Å². The quantitative estimate of drug-likeness (QED) is 0.752. The minimum absolute atomic E-state index is 0.508. The van der Waals surface area contributed by atoms with Crippen LogP contribution in [0.4, 0.5) is 11.4 Å². The molecule has 0 fully saturated rings. The Morgan fingerprint density at radius 2 is 2.11 bits per heavy atom. The Kier molecular flexibility index (Phi) is 5.86. The molecule has 1 aromatic carbocycles. The van der Waals surface area contributed by atoms with E-state index in [-0.39, 0.29) is 0 Å². The molecule has 0 atom stereocenters. The predicted octanol–water partition coefficient (Wildman–Crippen LogP) is 2.80. The van der Waals surface area contributed by atoms with Gasteiger partial charge in [0.15, 0.2) is 0 Å². The average Bonchev–Trinajstić information content (AvgIpc) is 2.37. The molecule has 0 unspecified atom stereocenters. The van der Waals surface area contributed by atoms with Crippen LogP contribution in [-0.4, -0.2) is 19.7 Å². The number of nitrogens with zero attached hydrogens (tertiary/aromatic N) is 2. The van der Waals surface area contributed by atoms with E-state index in [2.05, 4.69) is 24.8 Å². The summed E-state index contributed by atoms with van der Waals surface area (Å²) < 4.78 is 5.60. The Bertz CT molecular complexity index is 412. The number of benzene rings is 1. The maximum Gasteiger partial charge on any atom is 0.123 e. The zero-order valence-corrected chi connectivity index (χ0v) is 11.1. The van der Waals surface area contributed by atoms with Crippen LogP contribution >= 0.6 is 0 Å². The van der Waals surface area contributed by atoms with E-state index in [0.717, 1.165) is 24.4 Å². The molecule has 1 rings (SSSR count). The Balaban J connectivity index is 2.85. The SMILES string of the molecule is CCCOc1cc(N)cc(N(CC)CCC#N)c1. The van der Waals surface area contributed by atoms with Crippen molar-refractivity contribution in [2.45, 2.75) is 26.7 Å². The summed E-state index contributed by atoms with van der Waals surface area (Å²) in [6, 6.07) is 7.89. The van der Waals surface area contributed by atoms with E-state index < -0.39 is 0 Å². The van der Waals surface area contributed by atoms with E-state index in [1.807, 2.05) is 18.2 Å². The van der Waals surface area contributed by atoms with Crippen molar-refractivity contribution in [2.24, 2.45) is 0 Å². The summed E-state index contributed by atoms with van der Waals surface area (Å²) in [7, 11) is 0. The summed E-state index contributed by atoms with van der Waals surface area (Å²) in [5.74, 6) is 0.794. The highest BCUT2D eigenvalue weighted by atomic mass is 16.5. The Morgan fingerprint density at radius 1 is 1.33 bits per heavy atom. The molecule has 98 valence electrons. The second-order valence-corrected chi connectivity index (χ2v) is 4.10. The topological polar surface area (TPSA) is 62.3 Å². The van der Waals surface area contributed by atoms with E-state index in [0.29, 0.717) is 25.3 Å². The molecule has 0 aliphatic carbocycles. The fourth-order valence-electron chi connectivity index (χ4n) is 1.75. The van der Waals surface area contributed by atoms with Crippen LogP contribution in [0.25, 0.3) is 0 Å². The molecular formula is C14H21N3O. The fraction of sp³-hybridized carbons (Fsp3) is 0.500. The van der Waals surface area contributed by atoms with Gasteiger partial charge in [-0.25, -0.2) is 0 Å². The number of nitrogens with two attached hydrogens (primary N) is 1. The summed E-state index contributed by atoms with van der Waals surface area (Å²) in [5, 5.41) is 8.66. The molecule has 0 bridgehead atoms. The molecule has 0 amide bonds. The van der Waals surface area contributed by atoms with Gasteiger partial charge in [0, 0.05) is 36.6 Å². The van der Waals surface area contributed by atoms with Crippen molar-refractivity contribution < 1.29 is 4.74 Å². The van der Waals surface area contributed by atoms with Crippen LogP contribution in [0, 0.1) is 11.3 Å². The number of hydrogen-bond acceptors (Lipinski definition) is 4. The molecule has 0 aliphatic heterocycles. The van der Waals surface area contributed by atoms with Gasteiger partial charge in [0.1, 0.15) is 5.75 Å².